The number of pyridine rings is 1. The third kappa shape index (κ3) is 7.45. The van der Waals surface area contributed by atoms with E-state index in [9.17, 15) is 0 Å². The summed E-state index contributed by atoms with van der Waals surface area (Å²) >= 11 is 0. The van der Waals surface area contributed by atoms with Crippen LogP contribution < -0.4 is 10.5 Å². The van der Waals surface area contributed by atoms with Crippen molar-refractivity contribution in [3.05, 3.63) is 24.0 Å². The Kier molecular flexibility index (Phi) is 8.85. The molecule has 0 saturated carbocycles. The van der Waals surface area contributed by atoms with Crippen LogP contribution in [0.2, 0.25) is 0 Å². The summed E-state index contributed by atoms with van der Waals surface area (Å²) in [6.07, 6.45) is 1.50. The molecule has 0 aliphatic rings. The molecule has 3 N–H and O–H groups in total. The molecule has 21 heavy (non-hydrogen) atoms. The van der Waals surface area contributed by atoms with Crippen molar-refractivity contribution in [2.75, 3.05) is 46.8 Å². The molecule has 0 radical (unpaired) electrons. The van der Waals surface area contributed by atoms with Gasteiger partial charge in [0.05, 0.1) is 39.2 Å². The van der Waals surface area contributed by atoms with Gasteiger partial charge in [0.1, 0.15) is 18.1 Å². The number of rotatable bonds is 11. The monoisotopic (exact) mass is 299 g/mol. The fourth-order valence-corrected chi connectivity index (χ4v) is 1.35. The van der Waals surface area contributed by atoms with Crippen molar-refractivity contribution in [1.29, 1.82) is 0 Å². The van der Waals surface area contributed by atoms with Crippen molar-refractivity contribution in [3.63, 3.8) is 0 Å². The van der Waals surface area contributed by atoms with Crippen molar-refractivity contribution in [3.8, 4) is 5.75 Å². The van der Waals surface area contributed by atoms with E-state index < -0.39 is 0 Å². The molecular weight excluding hydrogens is 278 g/mol. The van der Waals surface area contributed by atoms with Crippen LogP contribution in [-0.2, 0) is 14.2 Å². The Hall–Kier alpha value is -1.90. The van der Waals surface area contributed by atoms with Crippen LogP contribution in [0.1, 0.15) is 5.69 Å². The smallest absolute Gasteiger partial charge is 0.188 e. The number of oxime groups is 1. The standard InChI is InChI=1S/C13H21N3O5/c1-18-4-5-19-6-7-20-8-9-21-11-2-3-12(15-10-11)13(14)16-17/h2-3,10,17H,4-9H2,1H3,(H2,14,16). The highest BCUT2D eigenvalue weighted by Crippen LogP contribution is 2.08. The lowest BCUT2D eigenvalue weighted by Gasteiger charge is -2.08. The normalized spacial score (nSPS) is 11.6. The summed E-state index contributed by atoms with van der Waals surface area (Å²) in [4.78, 5) is 3.99. The molecule has 0 unspecified atom stereocenters. The van der Waals surface area contributed by atoms with Crippen LogP contribution in [0.4, 0.5) is 0 Å². The predicted molar refractivity (Wildman–Crippen MR) is 75.8 cm³/mol. The third-order valence-corrected chi connectivity index (χ3v) is 2.41. The van der Waals surface area contributed by atoms with Crippen LogP contribution >= 0.6 is 0 Å². The second-order valence-electron chi connectivity index (χ2n) is 3.93. The molecule has 0 spiro atoms. The molecule has 0 aliphatic carbocycles. The van der Waals surface area contributed by atoms with E-state index in [1.54, 1.807) is 19.2 Å². The zero-order chi connectivity index (χ0) is 15.3. The Morgan fingerprint density at radius 2 is 1.81 bits per heavy atom. The maximum absolute atomic E-state index is 8.51. The molecule has 1 aromatic heterocycles. The quantitative estimate of drug-likeness (QED) is 0.198. The largest absolute Gasteiger partial charge is 0.490 e. The van der Waals surface area contributed by atoms with Gasteiger partial charge in [0.25, 0.3) is 0 Å². The van der Waals surface area contributed by atoms with Gasteiger partial charge in [-0.2, -0.15) is 0 Å². The van der Waals surface area contributed by atoms with Crippen molar-refractivity contribution in [1.82, 2.24) is 4.98 Å². The highest BCUT2D eigenvalue weighted by atomic mass is 16.6. The van der Waals surface area contributed by atoms with Crippen LogP contribution in [-0.4, -0.2) is 62.8 Å². The molecule has 0 atom stereocenters. The highest BCUT2D eigenvalue weighted by molar-refractivity contribution is 5.95. The molecule has 0 amide bonds. The molecule has 1 rings (SSSR count). The lowest BCUT2D eigenvalue weighted by Crippen LogP contribution is -2.15. The molecule has 0 aromatic carbocycles. The van der Waals surface area contributed by atoms with Gasteiger partial charge < -0.3 is 29.9 Å². The molecule has 8 nitrogen and oxygen atoms in total. The molecule has 8 heteroatoms. The first-order chi connectivity index (χ1) is 10.3. The second-order valence-corrected chi connectivity index (χ2v) is 3.93. The Balaban J connectivity index is 2.08. The Morgan fingerprint density at radius 1 is 1.14 bits per heavy atom. The zero-order valence-corrected chi connectivity index (χ0v) is 12.0. The van der Waals surface area contributed by atoms with Crippen molar-refractivity contribution in [2.45, 2.75) is 0 Å². The maximum Gasteiger partial charge on any atom is 0.188 e. The summed E-state index contributed by atoms with van der Waals surface area (Å²) in [6, 6.07) is 3.29. The first-order valence-corrected chi connectivity index (χ1v) is 6.49. The number of nitrogens with two attached hydrogens (primary N) is 1. The van der Waals surface area contributed by atoms with Crippen LogP contribution in [0, 0.1) is 0 Å². The van der Waals surface area contributed by atoms with Crippen LogP contribution in [0.15, 0.2) is 23.5 Å². The van der Waals surface area contributed by atoms with E-state index in [0.717, 1.165) is 0 Å². The number of hydrogen-bond donors (Lipinski definition) is 2. The van der Waals surface area contributed by atoms with Gasteiger partial charge in [-0.1, -0.05) is 5.16 Å². The van der Waals surface area contributed by atoms with E-state index in [0.29, 0.717) is 51.1 Å². The zero-order valence-electron chi connectivity index (χ0n) is 12.0. The number of nitrogens with zero attached hydrogens (tertiary/aromatic N) is 2. The summed E-state index contributed by atoms with van der Waals surface area (Å²) in [5, 5.41) is 11.4. The van der Waals surface area contributed by atoms with Crippen molar-refractivity contribution < 1.29 is 24.2 Å². The van der Waals surface area contributed by atoms with Gasteiger partial charge >= 0.3 is 0 Å². The predicted octanol–water partition coefficient (Wildman–Crippen LogP) is 0.235. The first-order valence-electron chi connectivity index (χ1n) is 6.49. The van der Waals surface area contributed by atoms with E-state index in [-0.39, 0.29) is 5.84 Å². The summed E-state index contributed by atoms with van der Waals surface area (Å²) in [5.74, 6) is 0.544. The Labute approximate surface area is 123 Å². The summed E-state index contributed by atoms with van der Waals surface area (Å²) < 4.78 is 20.8. The Morgan fingerprint density at radius 3 is 2.38 bits per heavy atom. The van der Waals surface area contributed by atoms with Crippen molar-refractivity contribution in [2.24, 2.45) is 10.9 Å². The minimum atomic E-state index is -0.0432. The average molecular weight is 299 g/mol. The van der Waals surface area contributed by atoms with Gasteiger partial charge in [0, 0.05) is 7.11 Å². The lowest BCUT2D eigenvalue weighted by molar-refractivity contribution is 0.0179. The number of amidine groups is 1. The molecule has 118 valence electrons. The first kappa shape index (κ1) is 17.2. The Bertz CT molecular complexity index is 411. The van der Waals surface area contributed by atoms with Gasteiger partial charge in [0.2, 0.25) is 0 Å². The number of hydrogen-bond acceptors (Lipinski definition) is 7. The van der Waals surface area contributed by atoms with E-state index >= 15 is 0 Å². The fourth-order valence-electron chi connectivity index (χ4n) is 1.35. The minimum absolute atomic E-state index is 0.0432. The van der Waals surface area contributed by atoms with Crippen LogP contribution in [0.25, 0.3) is 0 Å². The molecule has 1 aromatic rings. The van der Waals surface area contributed by atoms with Crippen LogP contribution in [0.3, 0.4) is 0 Å². The van der Waals surface area contributed by atoms with Gasteiger partial charge in [-0.25, -0.2) is 4.98 Å². The highest BCUT2D eigenvalue weighted by Gasteiger charge is 2.01. The summed E-state index contributed by atoms with van der Waals surface area (Å²) in [6.45, 7) is 3.04. The summed E-state index contributed by atoms with van der Waals surface area (Å²) in [7, 11) is 1.63. The van der Waals surface area contributed by atoms with Crippen molar-refractivity contribution >= 4 is 5.84 Å². The number of methoxy groups -OCH3 is 1. The molecular formula is C13H21N3O5. The molecule has 0 bridgehead atoms. The van der Waals surface area contributed by atoms with Gasteiger partial charge in [0.15, 0.2) is 5.84 Å². The molecule has 0 fully saturated rings. The van der Waals surface area contributed by atoms with E-state index in [1.165, 1.54) is 6.20 Å². The minimum Gasteiger partial charge on any atom is -0.490 e. The maximum atomic E-state index is 8.51. The number of aromatic nitrogens is 1. The van der Waals surface area contributed by atoms with E-state index in [4.69, 9.17) is 29.9 Å². The van der Waals surface area contributed by atoms with Gasteiger partial charge in [-0.3, -0.25) is 0 Å². The average Bonchev–Trinajstić information content (AvgIpc) is 2.53. The fraction of sp³-hybridized carbons (Fsp3) is 0.538. The molecule has 1 heterocycles. The van der Waals surface area contributed by atoms with Gasteiger partial charge in [-0.05, 0) is 12.1 Å². The van der Waals surface area contributed by atoms with Crippen LogP contribution in [0.5, 0.6) is 5.75 Å². The third-order valence-electron chi connectivity index (χ3n) is 2.41. The van der Waals surface area contributed by atoms with Gasteiger partial charge in [-0.15, -0.1) is 0 Å². The SMILES string of the molecule is COCCOCCOCCOc1ccc(/C(N)=N/O)nc1. The topological polar surface area (TPSA) is 108 Å². The lowest BCUT2D eigenvalue weighted by atomic mass is 10.3. The van der Waals surface area contributed by atoms with E-state index in [1.807, 2.05) is 0 Å². The van der Waals surface area contributed by atoms with E-state index in [2.05, 4.69) is 10.1 Å². The summed E-state index contributed by atoms with van der Waals surface area (Å²) in [5.41, 5.74) is 5.78. The molecule has 0 aliphatic heterocycles. The number of ether oxygens (including phenoxy) is 4. The second kappa shape index (κ2) is 10.8. The molecule has 0 saturated heterocycles.